The van der Waals surface area contributed by atoms with Gasteiger partial charge in [-0.3, -0.25) is 0 Å². The number of fused-ring (bicyclic) bond motifs is 1. The molecule has 0 bridgehead atoms. The zero-order valence-corrected chi connectivity index (χ0v) is 12.9. The average molecular weight is 318 g/mol. The number of para-hydroxylation sites is 1. The van der Waals surface area contributed by atoms with E-state index >= 15 is 0 Å². The summed E-state index contributed by atoms with van der Waals surface area (Å²) in [5, 5.41) is 7.57. The van der Waals surface area contributed by atoms with Gasteiger partial charge in [0.25, 0.3) is 0 Å². The number of anilines is 2. The van der Waals surface area contributed by atoms with Crippen LogP contribution in [0.25, 0.3) is 17.0 Å². The molecule has 0 aliphatic carbocycles. The molecule has 0 aliphatic heterocycles. The number of hydrogen-bond acceptors (Lipinski definition) is 6. The summed E-state index contributed by atoms with van der Waals surface area (Å²) in [5.41, 5.74) is 3.13. The van der Waals surface area contributed by atoms with Gasteiger partial charge in [0, 0.05) is 18.0 Å². The Balaban J connectivity index is 1.73. The van der Waals surface area contributed by atoms with Crippen LogP contribution in [0, 0.1) is 0 Å². The average Bonchev–Trinajstić information content (AvgIpc) is 3.06. The minimum absolute atomic E-state index is 0.511. The lowest BCUT2D eigenvalue weighted by Crippen LogP contribution is -2.01. The fourth-order valence-electron chi connectivity index (χ4n) is 2.35. The second kappa shape index (κ2) is 5.96. The van der Waals surface area contributed by atoms with Gasteiger partial charge in [0.2, 0.25) is 11.8 Å². The minimum atomic E-state index is 0.511. The largest absolute Gasteiger partial charge is 0.480 e. The molecule has 0 saturated carbocycles. The maximum atomic E-state index is 5.18. The van der Waals surface area contributed by atoms with Gasteiger partial charge in [-0.25, -0.2) is 19.5 Å². The standard InChI is InChI=1S/C17H14N6O/c1-24-16-8-7-15-19-11-14(23(15)22-16)13-9-10-18-17(21-13)20-12-5-3-2-4-6-12/h2-11H,1H3,(H,18,20,21). The predicted molar refractivity (Wildman–Crippen MR) is 90.3 cm³/mol. The van der Waals surface area contributed by atoms with Crippen LogP contribution in [-0.2, 0) is 0 Å². The molecular weight excluding hydrogens is 304 g/mol. The summed E-state index contributed by atoms with van der Waals surface area (Å²) in [6, 6.07) is 15.2. The fraction of sp³-hybridized carbons (Fsp3) is 0.0588. The van der Waals surface area contributed by atoms with Crippen LogP contribution in [0.2, 0.25) is 0 Å². The van der Waals surface area contributed by atoms with Gasteiger partial charge in [0.05, 0.1) is 19.0 Å². The van der Waals surface area contributed by atoms with Gasteiger partial charge in [-0.2, -0.15) is 0 Å². The Morgan fingerprint density at radius 1 is 1.00 bits per heavy atom. The molecule has 4 rings (SSSR count). The van der Waals surface area contributed by atoms with Crippen LogP contribution in [0.3, 0.4) is 0 Å². The number of methoxy groups -OCH3 is 1. The summed E-state index contributed by atoms with van der Waals surface area (Å²) >= 11 is 0. The first-order valence-corrected chi connectivity index (χ1v) is 7.38. The molecule has 0 spiro atoms. The van der Waals surface area contributed by atoms with E-state index in [9.17, 15) is 0 Å². The topological polar surface area (TPSA) is 77.2 Å². The van der Waals surface area contributed by atoms with E-state index in [-0.39, 0.29) is 0 Å². The van der Waals surface area contributed by atoms with Crippen LogP contribution in [-0.4, -0.2) is 31.7 Å². The third kappa shape index (κ3) is 2.63. The van der Waals surface area contributed by atoms with E-state index in [1.54, 1.807) is 30.1 Å². The maximum Gasteiger partial charge on any atom is 0.231 e. The number of imidazole rings is 1. The van der Waals surface area contributed by atoms with E-state index in [1.807, 2.05) is 42.5 Å². The van der Waals surface area contributed by atoms with Crippen molar-refractivity contribution >= 4 is 17.3 Å². The fourth-order valence-corrected chi connectivity index (χ4v) is 2.35. The third-order valence-electron chi connectivity index (χ3n) is 3.49. The molecule has 0 atom stereocenters. The van der Waals surface area contributed by atoms with Gasteiger partial charge in [0.1, 0.15) is 5.69 Å². The van der Waals surface area contributed by atoms with Crippen molar-refractivity contribution in [3.05, 3.63) is 60.9 Å². The molecule has 4 aromatic rings. The lowest BCUT2D eigenvalue weighted by Gasteiger charge is -2.06. The normalized spacial score (nSPS) is 10.7. The first kappa shape index (κ1) is 14.1. The highest BCUT2D eigenvalue weighted by molar-refractivity contribution is 5.61. The lowest BCUT2D eigenvalue weighted by molar-refractivity contribution is 0.390. The zero-order valence-electron chi connectivity index (χ0n) is 12.9. The van der Waals surface area contributed by atoms with Crippen molar-refractivity contribution in [1.82, 2.24) is 24.6 Å². The number of benzene rings is 1. The molecule has 3 heterocycles. The van der Waals surface area contributed by atoms with E-state index < -0.39 is 0 Å². The monoisotopic (exact) mass is 318 g/mol. The molecule has 0 fully saturated rings. The van der Waals surface area contributed by atoms with E-state index in [0.29, 0.717) is 11.8 Å². The second-order valence-corrected chi connectivity index (χ2v) is 5.05. The summed E-state index contributed by atoms with van der Waals surface area (Å²) in [4.78, 5) is 13.2. The Morgan fingerprint density at radius 2 is 1.88 bits per heavy atom. The number of nitrogens with one attached hydrogen (secondary N) is 1. The Labute approximate surface area is 138 Å². The molecule has 0 unspecified atom stereocenters. The Bertz CT molecular complexity index is 983. The molecule has 1 N–H and O–H groups in total. The molecule has 0 aliphatic rings. The van der Waals surface area contributed by atoms with Crippen molar-refractivity contribution in [2.45, 2.75) is 0 Å². The summed E-state index contributed by atoms with van der Waals surface area (Å²) in [7, 11) is 1.58. The van der Waals surface area contributed by atoms with Gasteiger partial charge >= 0.3 is 0 Å². The SMILES string of the molecule is COc1ccc2ncc(-c3ccnc(Nc4ccccc4)n3)n2n1. The zero-order chi connectivity index (χ0) is 16.4. The summed E-state index contributed by atoms with van der Waals surface area (Å²) in [5.74, 6) is 1.02. The highest BCUT2D eigenvalue weighted by Crippen LogP contribution is 2.21. The Hall–Kier alpha value is -3.48. The number of hydrogen-bond donors (Lipinski definition) is 1. The highest BCUT2D eigenvalue weighted by Gasteiger charge is 2.10. The van der Waals surface area contributed by atoms with Crippen LogP contribution in [0.15, 0.2) is 60.9 Å². The van der Waals surface area contributed by atoms with Crippen molar-refractivity contribution in [1.29, 1.82) is 0 Å². The van der Waals surface area contributed by atoms with Gasteiger partial charge in [0.15, 0.2) is 5.65 Å². The minimum Gasteiger partial charge on any atom is -0.480 e. The Kier molecular flexibility index (Phi) is 3.51. The summed E-state index contributed by atoms with van der Waals surface area (Å²) < 4.78 is 6.88. The quantitative estimate of drug-likeness (QED) is 0.623. The van der Waals surface area contributed by atoms with Crippen LogP contribution in [0.4, 0.5) is 11.6 Å². The van der Waals surface area contributed by atoms with Gasteiger partial charge in [-0.1, -0.05) is 18.2 Å². The summed E-state index contributed by atoms with van der Waals surface area (Å²) in [6.07, 6.45) is 3.43. The molecule has 0 amide bonds. The smallest absolute Gasteiger partial charge is 0.231 e. The third-order valence-corrected chi connectivity index (χ3v) is 3.49. The van der Waals surface area contributed by atoms with Crippen molar-refractivity contribution in [3.8, 4) is 17.3 Å². The van der Waals surface area contributed by atoms with Gasteiger partial charge in [-0.15, -0.1) is 5.10 Å². The number of ether oxygens (including phenoxy) is 1. The summed E-state index contributed by atoms with van der Waals surface area (Å²) in [6.45, 7) is 0. The van der Waals surface area contributed by atoms with Gasteiger partial charge < -0.3 is 10.1 Å². The highest BCUT2D eigenvalue weighted by atomic mass is 16.5. The number of aromatic nitrogens is 5. The van der Waals surface area contributed by atoms with Crippen LogP contribution in [0.1, 0.15) is 0 Å². The van der Waals surface area contributed by atoms with Crippen LogP contribution in [0.5, 0.6) is 5.88 Å². The van der Waals surface area contributed by atoms with E-state index in [1.165, 1.54) is 0 Å². The van der Waals surface area contributed by atoms with E-state index in [4.69, 9.17) is 4.74 Å². The molecule has 0 radical (unpaired) electrons. The van der Waals surface area contributed by atoms with Crippen LogP contribution < -0.4 is 10.1 Å². The van der Waals surface area contributed by atoms with Crippen molar-refractivity contribution in [2.24, 2.45) is 0 Å². The van der Waals surface area contributed by atoms with Crippen molar-refractivity contribution in [3.63, 3.8) is 0 Å². The van der Waals surface area contributed by atoms with Gasteiger partial charge in [-0.05, 0) is 24.3 Å². The lowest BCUT2D eigenvalue weighted by atomic mass is 10.3. The molecule has 0 saturated heterocycles. The number of nitrogens with zero attached hydrogens (tertiary/aromatic N) is 5. The molecule has 7 nitrogen and oxygen atoms in total. The second-order valence-electron chi connectivity index (χ2n) is 5.05. The first-order chi connectivity index (χ1) is 11.8. The molecular formula is C17H14N6O. The van der Waals surface area contributed by atoms with E-state index in [2.05, 4.69) is 25.4 Å². The van der Waals surface area contributed by atoms with Crippen molar-refractivity contribution in [2.75, 3.05) is 12.4 Å². The van der Waals surface area contributed by atoms with E-state index in [0.717, 1.165) is 22.7 Å². The maximum absolute atomic E-state index is 5.18. The molecule has 3 aromatic heterocycles. The van der Waals surface area contributed by atoms with Crippen molar-refractivity contribution < 1.29 is 4.74 Å². The number of rotatable bonds is 4. The predicted octanol–water partition coefficient (Wildman–Crippen LogP) is 2.94. The molecule has 118 valence electrons. The Morgan fingerprint density at radius 3 is 2.71 bits per heavy atom. The molecule has 24 heavy (non-hydrogen) atoms. The molecule has 1 aromatic carbocycles. The van der Waals surface area contributed by atoms with Crippen LogP contribution >= 0.6 is 0 Å². The molecule has 7 heteroatoms. The first-order valence-electron chi connectivity index (χ1n) is 7.38.